The summed E-state index contributed by atoms with van der Waals surface area (Å²) in [6, 6.07) is 0. The zero-order valence-electron chi connectivity index (χ0n) is 15.4. The molecule has 132 valence electrons. The van der Waals surface area contributed by atoms with Gasteiger partial charge in [-0.15, -0.1) is 0 Å². The summed E-state index contributed by atoms with van der Waals surface area (Å²) in [5.74, 6) is 0.770. The zero-order valence-corrected chi connectivity index (χ0v) is 15.4. The van der Waals surface area contributed by atoms with Crippen LogP contribution >= 0.6 is 0 Å². The maximum atomic E-state index is 11.0. The maximum absolute atomic E-state index is 11.0. The van der Waals surface area contributed by atoms with Gasteiger partial charge in [-0.2, -0.15) is 0 Å². The molecular weight excluding hydrogens is 272 g/mol. The number of hydrogen-bond donors (Lipinski definition) is 1. The average molecular weight is 313 g/mol. The minimum atomic E-state index is -0.624. The summed E-state index contributed by atoms with van der Waals surface area (Å²) in [6.07, 6.45) is 16.8. The Kier molecular flexibility index (Phi) is 15.0. The first kappa shape index (κ1) is 21.5. The molecule has 1 unspecified atom stereocenters. The van der Waals surface area contributed by atoms with Crippen molar-refractivity contribution >= 4 is 5.97 Å². The molecule has 0 spiro atoms. The van der Waals surface area contributed by atoms with Crippen molar-refractivity contribution < 1.29 is 9.90 Å². The van der Waals surface area contributed by atoms with E-state index in [2.05, 4.69) is 20.8 Å². The van der Waals surface area contributed by atoms with Crippen LogP contribution in [0.5, 0.6) is 0 Å². The summed E-state index contributed by atoms with van der Waals surface area (Å²) in [7, 11) is 0. The van der Waals surface area contributed by atoms with E-state index in [-0.39, 0.29) is 0 Å². The van der Waals surface area contributed by atoms with Gasteiger partial charge in [0, 0.05) is 6.42 Å². The van der Waals surface area contributed by atoms with Gasteiger partial charge < -0.3 is 5.11 Å². The molecule has 0 amide bonds. The number of carboxylic acid groups (broad SMARTS) is 1. The second kappa shape index (κ2) is 15.4. The van der Waals surface area contributed by atoms with Crippen LogP contribution in [0.15, 0.2) is 0 Å². The van der Waals surface area contributed by atoms with Crippen LogP contribution in [0, 0.1) is 11.8 Å². The number of rotatable bonds is 16. The third kappa shape index (κ3) is 12.1. The average Bonchev–Trinajstić information content (AvgIpc) is 2.49. The largest absolute Gasteiger partial charge is 0.481 e. The van der Waals surface area contributed by atoms with Gasteiger partial charge in [0.15, 0.2) is 0 Å². The summed E-state index contributed by atoms with van der Waals surface area (Å²) in [5, 5.41) is 9.04. The van der Waals surface area contributed by atoms with E-state index in [9.17, 15) is 4.79 Å². The molecule has 0 aromatic heterocycles. The molecule has 0 aliphatic carbocycles. The summed E-state index contributed by atoms with van der Waals surface area (Å²) in [4.78, 5) is 11.0. The van der Waals surface area contributed by atoms with Gasteiger partial charge in [0.25, 0.3) is 0 Å². The smallest absolute Gasteiger partial charge is 0.303 e. The first-order chi connectivity index (χ1) is 10.7. The highest BCUT2D eigenvalue weighted by Gasteiger charge is 2.21. The Morgan fingerprint density at radius 3 is 1.36 bits per heavy atom. The molecule has 2 nitrogen and oxygen atoms in total. The standard InChI is InChI=1S/C20H40O2/c1-4-7-10-13-18(14-11-8-5-2)19(15-12-9-6-3)16-17-20(21)22/h18-19H,4-17H2,1-3H3,(H,21,22). The zero-order chi connectivity index (χ0) is 16.6. The lowest BCUT2D eigenvalue weighted by molar-refractivity contribution is -0.137. The normalized spacial score (nSPS) is 12.7. The second-order valence-electron chi connectivity index (χ2n) is 6.94. The van der Waals surface area contributed by atoms with E-state index in [0.717, 1.165) is 12.3 Å². The fourth-order valence-corrected chi connectivity index (χ4v) is 3.51. The van der Waals surface area contributed by atoms with E-state index in [1.54, 1.807) is 0 Å². The third-order valence-corrected chi connectivity index (χ3v) is 4.93. The van der Waals surface area contributed by atoms with Crippen LogP contribution in [0.3, 0.4) is 0 Å². The van der Waals surface area contributed by atoms with Gasteiger partial charge in [-0.1, -0.05) is 97.8 Å². The van der Waals surface area contributed by atoms with Gasteiger partial charge in [0.2, 0.25) is 0 Å². The Morgan fingerprint density at radius 2 is 1.05 bits per heavy atom. The number of hydrogen-bond acceptors (Lipinski definition) is 1. The van der Waals surface area contributed by atoms with Gasteiger partial charge >= 0.3 is 5.97 Å². The molecule has 1 N–H and O–H groups in total. The number of carbonyl (C=O) groups is 1. The molecule has 0 bridgehead atoms. The van der Waals surface area contributed by atoms with E-state index in [4.69, 9.17) is 5.11 Å². The van der Waals surface area contributed by atoms with Crippen LogP contribution in [0.2, 0.25) is 0 Å². The molecule has 0 aliphatic heterocycles. The maximum Gasteiger partial charge on any atom is 0.303 e. The Labute approximate surface area is 139 Å². The second-order valence-corrected chi connectivity index (χ2v) is 6.94. The van der Waals surface area contributed by atoms with E-state index < -0.39 is 5.97 Å². The topological polar surface area (TPSA) is 37.3 Å². The minimum absolute atomic E-state index is 0.356. The quantitative estimate of drug-likeness (QED) is 0.317. The van der Waals surface area contributed by atoms with Crippen LogP contribution in [0.1, 0.15) is 111 Å². The van der Waals surface area contributed by atoms with Crippen LogP contribution in [0.25, 0.3) is 0 Å². The molecule has 0 rings (SSSR count). The van der Waals surface area contributed by atoms with Crippen molar-refractivity contribution in [2.75, 3.05) is 0 Å². The molecular formula is C20H40O2. The van der Waals surface area contributed by atoms with Gasteiger partial charge in [-0.25, -0.2) is 0 Å². The van der Waals surface area contributed by atoms with E-state index in [1.165, 1.54) is 77.0 Å². The molecule has 0 saturated carbocycles. The highest BCUT2D eigenvalue weighted by molar-refractivity contribution is 5.66. The van der Waals surface area contributed by atoms with Gasteiger partial charge in [0.1, 0.15) is 0 Å². The molecule has 0 radical (unpaired) electrons. The lowest BCUT2D eigenvalue weighted by atomic mass is 9.78. The molecule has 2 heteroatoms. The van der Waals surface area contributed by atoms with E-state index in [1.807, 2.05) is 0 Å². The first-order valence-corrected chi connectivity index (χ1v) is 9.87. The summed E-state index contributed by atoms with van der Waals surface area (Å²) < 4.78 is 0. The molecule has 0 aromatic rings. The third-order valence-electron chi connectivity index (χ3n) is 4.93. The van der Waals surface area contributed by atoms with Crippen LogP contribution in [0.4, 0.5) is 0 Å². The Bertz CT molecular complexity index is 240. The Balaban J connectivity index is 4.52. The van der Waals surface area contributed by atoms with Crippen LogP contribution in [-0.2, 0) is 4.79 Å². The summed E-state index contributed by atoms with van der Waals surface area (Å²) in [5.41, 5.74) is 0. The summed E-state index contributed by atoms with van der Waals surface area (Å²) >= 11 is 0. The Hall–Kier alpha value is -0.530. The van der Waals surface area contributed by atoms with Crippen molar-refractivity contribution in [2.24, 2.45) is 11.8 Å². The van der Waals surface area contributed by atoms with Crippen LogP contribution in [-0.4, -0.2) is 11.1 Å². The van der Waals surface area contributed by atoms with E-state index in [0.29, 0.717) is 12.3 Å². The highest BCUT2D eigenvalue weighted by atomic mass is 16.4. The number of carboxylic acids is 1. The van der Waals surface area contributed by atoms with Crippen molar-refractivity contribution in [3.63, 3.8) is 0 Å². The molecule has 0 heterocycles. The van der Waals surface area contributed by atoms with Crippen LogP contribution < -0.4 is 0 Å². The predicted molar refractivity (Wildman–Crippen MR) is 96.3 cm³/mol. The molecule has 0 aliphatic rings. The predicted octanol–water partition coefficient (Wildman–Crippen LogP) is 6.82. The molecule has 0 fully saturated rings. The monoisotopic (exact) mass is 312 g/mol. The first-order valence-electron chi connectivity index (χ1n) is 9.87. The van der Waals surface area contributed by atoms with Crippen molar-refractivity contribution in [3.8, 4) is 0 Å². The summed E-state index contributed by atoms with van der Waals surface area (Å²) in [6.45, 7) is 6.76. The molecule has 0 aromatic carbocycles. The molecule has 22 heavy (non-hydrogen) atoms. The van der Waals surface area contributed by atoms with Crippen molar-refractivity contribution in [2.45, 2.75) is 111 Å². The van der Waals surface area contributed by atoms with Crippen molar-refractivity contribution in [1.82, 2.24) is 0 Å². The van der Waals surface area contributed by atoms with E-state index >= 15 is 0 Å². The number of aliphatic carboxylic acids is 1. The molecule has 0 saturated heterocycles. The minimum Gasteiger partial charge on any atom is -0.481 e. The highest BCUT2D eigenvalue weighted by Crippen LogP contribution is 2.32. The fraction of sp³-hybridized carbons (Fsp3) is 0.950. The Morgan fingerprint density at radius 1 is 0.682 bits per heavy atom. The molecule has 1 atom stereocenters. The van der Waals surface area contributed by atoms with Crippen molar-refractivity contribution in [3.05, 3.63) is 0 Å². The lowest BCUT2D eigenvalue weighted by Gasteiger charge is -2.27. The SMILES string of the molecule is CCCCCC(CCCCC)C(CCCCC)CCC(=O)O. The van der Waals surface area contributed by atoms with Gasteiger partial charge in [-0.3, -0.25) is 4.79 Å². The fourth-order valence-electron chi connectivity index (χ4n) is 3.51. The van der Waals surface area contributed by atoms with Gasteiger partial charge in [-0.05, 0) is 18.3 Å². The number of unbranched alkanes of at least 4 members (excludes halogenated alkanes) is 6. The lowest BCUT2D eigenvalue weighted by Crippen LogP contribution is -2.17. The van der Waals surface area contributed by atoms with Crippen molar-refractivity contribution in [1.29, 1.82) is 0 Å². The van der Waals surface area contributed by atoms with Gasteiger partial charge in [0.05, 0.1) is 0 Å².